The van der Waals surface area contributed by atoms with Crippen molar-refractivity contribution in [3.8, 4) is 0 Å². The van der Waals surface area contributed by atoms with Gasteiger partial charge in [0, 0.05) is 18.2 Å². The Bertz CT molecular complexity index is 421. The number of hydrogen-bond donors (Lipinski definition) is 1. The molecular weight excluding hydrogens is 226 g/mol. The molecule has 0 aliphatic rings. The highest BCUT2D eigenvalue weighted by atomic mass is 16.5. The summed E-state index contributed by atoms with van der Waals surface area (Å²) in [5, 5.41) is 3.34. The average Bonchev–Trinajstić information content (AvgIpc) is 2.38. The van der Waals surface area contributed by atoms with Gasteiger partial charge < -0.3 is 10.1 Å². The fourth-order valence-corrected chi connectivity index (χ4v) is 1.61. The Morgan fingerprint density at radius 2 is 2.00 bits per heavy atom. The van der Waals surface area contributed by atoms with Crippen molar-refractivity contribution in [3.63, 3.8) is 0 Å². The normalized spacial score (nSPS) is 13.2. The van der Waals surface area contributed by atoms with E-state index in [0.717, 1.165) is 0 Å². The van der Waals surface area contributed by atoms with Crippen LogP contribution in [0.25, 0.3) is 0 Å². The number of esters is 1. The molecule has 1 aromatic carbocycles. The number of nitrogens with one attached hydrogen (secondary N) is 1. The van der Waals surface area contributed by atoms with Gasteiger partial charge in [0.25, 0.3) is 0 Å². The van der Waals surface area contributed by atoms with Gasteiger partial charge in [0.2, 0.25) is 0 Å². The summed E-state index contributed by atoms with van der Waals surface area (Å²) in [5.74, 6) is -0.278. The maximum absolute atomic E-state index is 11.2. The topological polar surface area (TPSA) is 38.3 Å². The lowest BCUT2D eigenvalue weighted by Crippen LogP contribution is -2.19. The molecule has 1 rings (SSSR count). The van der Waals surface area contributed by atoms with E-state index in [0.29, 0.717) is 12.1 Å². The predicted molar refractivity (Wildman–Crippen MR) is 73.4 cm³/mol. The lowest BCUT2D eigenvalue weighted by Gasteiger charge is -2.13. The van der Waals surface area contributed by atoms with E-state index in [1.165, 1.54) is 18.2 Å². The Hall–Kier alpha value is -1.61. The Labute approximate surface area is 109 Å². The van der Waals surface area contributed by atoms with E-state index >= 15 is 0 Å². The molecule has 1 N–H and O–H groups in total. The Kier molecular flexibility index (Phi) is 5.59. The van der Waals surface area contributed by atoms with Crippen molar-refractivity contribution < 1.29 is 9.53 Å². The molecule has 0 radical (unpaired) electrons. The molecule has 0 fully saturated rings. The van der Waals surface area contributed by atoms with Crippen LogP contribution in [0.5, 0.6) is 0 Å². The van der Waals surface area contributed by atoms with Gasteiger partial charge in [-0.15, -0.1) is 0 Å². The molecule has 3 heteroatoms. The number of carbonyl (C=O) groups excluding carboxylic acids is 1. The zero-order valence-electron chi connectivity index (χ0n) is 11.5. The molecule has 98 valence electrons. The standard InChI is InChI=1S/C15H21NO2/c1-11-5-7-14(8-6-11)13(3)16-10-9-12(2)15(17)18-4/h5-9,13,16H,10H2,1-4H3/b12-9+/t13-/m0/s1. The molecule has 0 amide bonds. The van der Waals surface area contributed by atoms with Gasteiger partial charge in [-0.05, 0) is 26.3 Å². The number of rotatable bonds is 5. The predicted octanol–water partition coefficient (Wildman–Crippen LogP) is 2.76. The number of benzene rings is 1. The third-order valence-electron chi connectivity index (χ3n) is 2.92. The largest absolute Gasteiger partial charge is 0.466 e. The molecule has 0 aliphatic carbocycles. The van der Waals surface area contributed by atoms with E-state index in [4.69, 9.17) is 0 Å². The van der Waals surface area contributed by atoms with Crippen LogP contribution in [0.1, 0.15) is 31.0 Å². The molecule has 0 bridgehead atoms. The lowest BCUT2D eigenvalue weighted by atomic mass is 10.1. The van der Waals surface area contributed by atoms with Crippen LogP contribution >= 0.6 is 0 Å². The van der Waals surface area contributed by atoms with E-state index in [2.05, 4.69) is 48.2 Å². The smallest absolute Gasteiger partial charge is 0.333 e. The van der Waals surface area contributed by atoms with Gasteiger partial charge in [-0.3, -0.25) is 0 Å². The Morgan fingerprint density at radius 1 is 1.39 bits per heavy atom. The highest BCUT2D eigenvalue weighted by Gasteiger charge is 2.05. The minimum absolute atomic E-state index is 0.257. The SMILES string of the molecule is COC(=O)/C(C)=C/CN[C@@H](C)c1ccc(C)cc1. The molecule has 0 aliphatic heterocycles. The summed E-state index contributed by atoms with van der Waals surface area (Å²) in [6.45, 7) is 6.58. The van der Waals surface area contributed by atoms with Gasteiger partial charge >= 0.3 is 5.97 Å². The first kappa shape index (κ1) is 14.5. The fraction of sp³-hybridized carbons (Fsp3) is 0.400. The summed E-state index contributed by atoms with van der Waals surface area (Å²) in [6, 6.07) is 8.69. The van der Waals surface area contributed by atoms with Gasteiger partial charge in [-0.25, -0.2) is 4.79 Å². The second kappa shape index (κ2) is 6.97. The van der Waals surface area contributed by atoms with Gasteiger partial charge in [0.05, 0.1) is 7.11 Å². The third kappa shape index (κ3) is 4.34. The number of hydrogen-bond acceptors (Lipinski definition) is 3. The van der Waals surface area contributed by atoms with Crippen LogP contribution in [0.3, 0.4) is 0 Å². The summed E-state index contributed by atoms with van der Waals surface area (Å²) in [6.07, 6.45) is 1.84. The quantitative estimate of drug-likeness (QED) is 0.642. The van der Waals surface area contributed by atoms with Crippen LogP contribution in [0.15, 0.2) is 35.9 Å². The van der Waals surface area contributed by atoms with Gasteiger partial charge in [-0.1, -0.05) is 35.9 Å². The van der Waals surface area contributed by atoms with Crippen LogP contribution in [0.4, 0.5) is 0 Å². The molecule has 0 saturated carbocycles. The number of methoxy groups -OCH3 is 1. The summed E-state index contributed by atoms with van der Waals surface area (Å²) < 4.78 is 4.63. The lowest BCUT2D eigenvalue weighted by molar-refractivity contribution is -0.136. The minimum atomic E-state index is -0.278. The van der Waals surface area contributed by atoms with Crippen LogP contribution in [-0.4, -0.2) is 19.6 Å². The molecule has 1 atom stereocenters. The maximum atomic E-state index is 11.2. The number of aryl methyl sites for hydroxylation is 1. The average molecular weight is 247 g/mol. The maximum Gasteiger partial charge on any atom is 0.333 e. The van der Waals surface area contributed by atoms with Crippen LogP contribution in [0, 0.1) is 6.92 Å². The first-order valence-electron chi connectivity index (χ1n) is 6.09. The summed E-state index contributed by atoms with van der Waals surface area (Å²) in [5.41, 5.74) is 3.12. The van der Waals surface area contributed by atoms with Crippen molar-refractivity contribution >= 4 is 5.97 Å². The molecule has 0 spiro atoms. The van der Waals surface area contributed by atoms with Crippen molar-refractivity contribution in [2.24, 2.45) is 0 Å². The van der Waals surface area contributed by atoms with Crippen molar-refractivity contribution in [2.45, 2.75) is 26.8 Å². The van der Waals surface area contributed by atoms with E-state index in [9.17, 15) is 4.79 Å². The molecule has 0 aromatic heterocycles. The van der Waals surface area contributed by atoms with E-state index in [1.807, 2.05) is 6.08 Å². The van der Waals surface area contributed by atoms with Crippen LogP contribution < -0.4 is 5.32 Å². The summed E-state index contributed by atoms with van der Waals surface area (Å²) in [4.78, 5) is 11.2. The van der Waals surface area contributed by atoms with E-state index < -0.39 is 0 Å². The summed E-state index contributed by atoms with van der Waals surface area (Å²) in [7, 11) is 1.39. The highest BCUT2D eigenvalue weighted by molar-refractivity contribution is 5.87. The van der Waals surface area contributed by atoms with E-state index in [-0.39, 0.29) is 12.0 Å². The zero-order valence-corrected chi connectivity index (χ0v) is 11.5. The van der Waals surface area contributed by atoms with Gasteiger partial charge in [-0.2, -0.15) is 0 Å². The Balaban J connectivity index is 2.49. The Morgan fingerprint density at radius 3 is 2.56 bits per heavy atom. The van der Waals surface area contributed by atoms with Crippen molar-refractivity contribution in [3.05, 3.63) is 47.0 Å². The molecule has 0 unspecified atom stereocenters. The molecule has 0 saturated heterocycles. The van der Waals surface area contributed by atoms with Crippen LogP contribution in [-0.2, 0) is 9.53 Å². The molecule has 0 heterocycles. The number of ether oxygens (including phenoxy) is 1. The molecular formula is C15H21NO2. The van der Waals surface area contributed by atoms with Gasteiger partial charge in [0.1, 0.15) is 0 Å². The first-order chi connectivity index (χ1) is 8.54. The highest BCUT2D eigenvalue weighted by Crippen LogP contribution is 2.12. The number of carbonyl (C=O) groups is 1. The molecule has 18 heavy (non-hydrogen) atoms. The monoisotopic (exact) mass is 247 g/mol. The second-order valence-electron chi connectivity index (χ2n) is 4.42. The van der Waals surface area contributed by atoms with Crippen molar-refractivity contribution in [1.29, 1.82) is 0 Å². The second-order valence-corrected chi connectivity index (χ2v) is 4.42. The van der Waals surface area contributed by atoms with Crippen molar-refractivity contribution in [1.82, 2.24) is 5.32 Å². The first-order valence-corrected chi connectivity index (χ1v) is 6.09. The minimum Gasteiger partial charge on any atom is -0.466 e. The summed E-state index contributed by atoms with van der Waals surface area (Å²) >= 11 is 0. The van der Waals surface area contributed by atoms with Crippen LogP contribution in [0.2, 0.25) is 0 Å². The van der Waals surface area contributed by atoms with Gasteiger partial charge in [0.15, 0.2) is 0 Å². The van der Waals surface area contributed by atoms with Crippen molar-refractivity contribution in [2.75, 3.05) is 13.7 Å². The zero-order chi connectivity index (χ0) is 13.5. The fourth-order valence-electron chi connectivity index (χ4n) is 1.61. The third-order valence-corrected chi connectivity index (χ3v) is 2.92. The molecule has 1 aromatic rings. The van der Waals surface area contributed by atoms with E-state index in [1.54, 1.807) is 6.92 Å². The molecule has 3 nitrogen and oxygen atoms in total.